The molecule has 1 saturated heterocycles. The Labute approximate surface area is 262 Å². The number of hydrogen-bond acceptors (Lipinski definition) is 3. The van der Waals surface area contributed by atoms with Gasteiger partial charge in [-0.3, -0.25) is 9.59 Å². The molecule has 4 aromatic carbocycles. The highest BCUT2D eigenvalue weighted by Gasteiger charge is 2.55. The number of ketones is 1. The Balaban J connectivity index is 0.00000329. The molecular weight excluding hydrogens is 600 g/mol. The molecule has 2 aliphatic rings. The summed E-state index contributed by atoms with van der Waals surface area (Å²) in [6.45, 7) is 6.23. The minimum atomic E-state index is -0.126. The van der Waals surface area contributed by atoms with Crippen molar-refractivity contribution in [3.63, 3.8) is 0 Å². The van der Waals surface area contributed by atoms with Crippen molar-refractivity contribution in [2.75, 3.05) is 11.4 Å². The molecule has 1 fully saturated rings. The standard InChI is InChI=1S/C36H35N4O2.BrH/c1-26-37(24-33(41)30-17-16-28-12-6-7-13-29(28)22-30)20-21-38(26)25-34(42)39-19-18-36(2)31-14-8-9-15-32(31)40(35(36)39)23-27-10-4-3-5-11-27;/h3-17,20-22,35H,18-19,23-25H2,1-2H3;1H/q+1;/p-1. The summed E-state index contributed by atoms with van der Waals surface area (Å²) in [5.41, 5.74) is 4.34. The molecule has 2 atom stereocenters. The summed E-state index contributed by atoms with van der Waals surface area (Å²) in [5, 5.41) is 2.18. The maximum Gasteiger partial charge on any atom is 0.266 e. The number of nitrogens with zero attached hydrogens (tertiary/aromatic N) is 4. The number of rotatable bonds is 7. The van der Waals surface area contributed by atoms with Crippen molar-refractivity contribution in [3.8, 4) is 0 Å². The first-order valence-corrected chi connectivity index (χ1v) is 14.7. The lowest BCUT2D eigenvalue weighted by Crippen LogP contribution is -3.00. The predicted molar refractivity (Wildman–Crippen MR) is 164 cm³/mol. The summed E-state index contributed by atoms with van der Waals surface area (Å²) in [5.74, 6) is 1.03. The van der Waals surface area contributed by atoms with E-state index in [0.717, 1.165) is 36.1 Å². The summed E-state index contributed by atoms with van der Waals surface area (Å²) < 4.78 is 3.90. The fraction of sp³-hybridized carbons (Fsp3) is 0.250. The number of hydrogen-bond donors (Lipinski definition) is 0. The second-order valence-corrected chi connectivity index (χ2v) is 11.8. The lowest BCUT2D eigenvalue weighted by atomic mass is 9.81. The van der Waals surface area contributed by atoms with Crippen LogP contribution in [0.3, 0.4) is 0 Å². The first-order valence-electron chi connectivity index (χ1n) is 14.7. The number of aromatic nitrogens is 2. The Kier molecular flexibility index (Phi) is 7.69. The van der Waals surface area contributed by atoms with Gasteiger partial charge in [-0.15, -0.1) is 0 Å². The number of Topliss-reactive ketones (excluding diaryl/α,β-unsaturated/α-hetero) is 1. The van der Waals surface area contributed by atoms with Gasteiger partial charge in [0.25, 0.3) is 11.7 Å². The molecule has 2 aliphatic heterocycles. The third kappa shape index (κ3) is 5.06. The van der Waals surface area contributed by atoms with Gasteiger partial charge in [-0.2, -0.15) is 0 Å². The van der Waals surface area contributed by atoms with Crippen molar-refractivity contribution in [2.45, 2.75) is 51.5 Å². The maximum atomic E-state index is 14.0. The first-order chi connectivity index (χ1) is 20.4. The maximum absolute atomic E-state index is 14.0. The molecule has 1 aromatic heterocycles. The van der Waals surface area contributed by atoms with Crippen molar-refractivity contribution in [2.24, 2.45) is 0 Å². The first kappa shape index (κ1) is 28.9. The van der Waals surface area contributed by atoms with E-state index in [2.05, 4.69) is 65.3 Å². The van der Waals surface area contributed by atoms with E-state index in [9.17, 15) is 9.59 Å². The molecule has 218 valence electrons. The molecule has 6 nitrogen and oxygen atoms in total. The molecule has 2 unspecified atom stereocenters. The summed E-state index contributed by atoms with van der Waals surface area (Å²) in [6.07, 6.45) is 4.71. The zero-order chi connectivity index (χ0) is 28.8. The van der Waals surface area contributed by atoms with E-state index >= 15 is 0 Å². The van der Waals surface area contributed by atoms with Crippen molar-refractivity contribution in [1.29, 1.82) is 0 Å². The van der Waals surface area contributed by atoms with Crippen LogP contribution in [0.2, 0.25) is 0 Å². The van der Waals surface area contributed by atoms with Gasteiger partial charge in [0.05, 0.1) is 0 Å². The highest BCUT2D eigenvalue weighted by atomic mass is 79.9. The average Bonchev–Trinajstić information content (AvgIpc) is 3.62. The van der Waals surface area contributed by atoms with Crippen LogP contribution in [-0.4, -0.2) is 33.9 Å². The number of halogens is 1. The minimum Gasteiger partial charge on any atom is -1.00 e. The van der Waals surface area contributed by atoms with Crippen LogP contribution in [-0.2, 0) is 29.8 Å². The van der Waals surface area contributed by atoms with Gasteiger partial charge in [-0.25, -0.2) is 9.13 Å². The van der Waals surface area contributed by atoms with Crippen LogP contribution < -0.4 is 26.4 Å². The van der Waals surface area contributed by atoms with Crippen molar-refractivity contribution in [3.05, 3.63) is 132 Å². The normalized spacial score (nSPS) is 18.8. The van der Waals surface area contributed by atoms with E-state index in [-0.39, 0.29) is 53.3 Å². The Morgan fingerprint density at radius 3 is 2.44 bits per heavy atom. The molecule has 0 saturated carbocycles. The zero-order valence-electron chi connectivity index (χ0n) is 24.5. The number of likely N-dealkylation sites (tertiary alicyclic amines) is 1. The molecule has 0 bridgehead atoms. The Morgan fingerprint density at radius 1 is 0.907 bits per heavy atom. The lowest BCUT2D eigenvalue weighted by molar-refractivity contribution is -0.688. The number of carbonyl (C=O) groups excluding carboxylic acids is 2. The van der Waals surface area contributed by atoms with Gasteiger partial charge in [0.1, 0.15) is 18.6 Å². The highest BCUT2D eigenvalue weighted by Crippen LogP contribution is 2.52. The van der Waals surface area contributed by atoms with Crippen molar-refractivity contribution < 1.29 is 31.1 Å². The van der Waals surface area contributed by atoms with E-state index in [1.54, 1.807) is 0 Å². The number of imidazole rings is 1. The molecule has 0 aliphatic carbocycles. The fourth-order valence-corrected chi connectivity index (χ4v) is 7.01. The molecule has 0 radical (unpaired) electrons. The van der Waals surface area contributed by atoms with Gasteiger partial charge in [-0.1, -0.05) is 91.9 Å². The SMILES string of the molecule is Cc1n(CC(=O)N2CCC3(C)c4ccccc4N(Cc4ccccc4)C23)cc[n+]1CC(=O)c1ccc2ccccc2c1.[Br-]. The van der Waals surface area contributed by atoms with Crippen LogP contribution in [0.4, 0.5) is 5.69 Å². The van der Waals surface area contributed by atoms with Crippen LogP contribution in [0.25, 0.3) is 10.8 Å². The number of anilines is 1. The van der Waals surface area contributed by atoms with Crippen LogP contribution in [0.15, 0.2) is 109 Å². The van der Waals surface area contributed by atoms with Gasteiger partial charge in [0.2, 0.25) is 5.78 Å². The second kappa shape index (κ2) is 11.5. The van der Waals surface area contributed by atoms with E-state index in [1.165, 1.54) is 16.8 Å². The van der Waals surface area contributed by atoms with E-state index in [4.69, 9.17) is 0 Å². The quantitative estimate of drug-likeness (QED) is 0.204. The second-order valence-electron chi connectivity index (χ2n) is 11.8. The van der Waals surface area contributed by atoms with Crippen LogP contribution >= 0.6 is 0 Å². The summed E-state index contributed by atoms with van der Waals surface area (Å²) >= 11 is 0. The summed E-state index contributed by atoms with van der Waals surface area (Å²) in [4.78, 5) is 31.7. The van der Waals surface area contributed by atoms with E-state index < -0.39 is 0 Å². The molecule has 1 amide bonds. The van der Waals surface area contributed by atoms with E-state index in [0.29, 0.717) is 5.56 Å². The smallest absolute Gasteiger partial charge is 0.266 e. The molecule has 43 heavy (non-hydrogen) atoms. The number of carbonyl (C=O) groups is 2. The van der Waals surface area contributed by atoms with Crippen molar-refractivity contribution >= 4 is 28.2 Å². The molecular formula is C36H35BrN4O2. The molecule has 3 heterocycles. The number of benzene rings is 4. The Hall–Kier alpha value is -4.23. The molecule has 7 rings (SSSR count). The number of amides is 1. The van der Waals surface area contributed by atoms with Gasteiger partial charge in [0, 0.05) is 36.7 Å². The van der Waals surface area contributed by atoms with Gasteiger partial charge < -0.3 is 26.8 Å². The average molecular weight is 636 g/mol. The van der Waals surface area contributed by atoms with Crippen LogP contribution in [0.1, 0.15) is 40.7 Å². The fourth-order valence-electron chi connectivity index (χ4n) is 7.01. The molecule has 5 aromatic rings. The highest BCUT2D eigenvalue weighted by molar-refractivity contribution is 5.99. The third-order valence-corrected chi connectivity index (χ3v) is 9.33. The van der Waals surface area contributed by atoms with Crippen LogP contribution in [0, 0.1) is 6.92 Å². The Bertz CT molecular complexity index is 1820. The molecule has 0 spiro atoms. The predicted octanol–water partition coefficient (Wildman–Crippen LogP) is 2.66. The largest absolute Gasteiger partial charge is 1.00 e. The van der Waals surface area contributed by atoms with Gasteiger partial charge >= 0.3 is 0 Å². The third-order valence-electron chi connectivity index (χ3n) is 9.33. The zero-order valence-corrected chi connectivity index (χ0v) is 26.1. The van der Waals surface area contributed by atoms with Crippen molar-refractivity contribution in [1.82, 2.24) is 9.47 Å². The van der Waals surface area contributed by atoms with Gasteiger partial charge in [0.15, 0.2) is 13.1 Å². The number of para-hydroxylation sites is 1. The topological polar surface area (TPSA) is 49.4 Å². The molecule has 0 N–H and O–H groups in total. The monoisotopic (exact) mass is 634 g/mol. The van der Waals surface area contributed by atoms with E-state index in [1.807, 2.05) is 77.0 Å². The minimum absolute atomic E-state index is 0. The molecule has 7 heteroatoms. The Morgan fingerprint density at radius 2 is 1.63 bits per heavy atom. The van der Waals surface area contributed by atoms with Crippen LogP contribution in [0.5, 0.6) is 0 Å². The summed E-state index contributed by atoms with van der Waals surface area (Å²) in [7, 11) is 0. The van der Waals surface area contributed by atoms with Gasteiger partial charge in [-0.05, 0) is 40.5 Å². The summed E-state index contributed by atoms with van der Waals surface area (Å²) in [6, 6.07) is 33.0. The lowest BCUT2D eigenvalue weighted by Gasteiger charge is -2.36. The number of fused-ring (bicyclic) bond motifs is 4.